The van der Waals surface area contributed by atoms with E-state index in [9.17, 15) is 0 Å². The highest BCUT2D eigenvalue weighted by molar-refractivity contribution is 5.97. The number of nitrogens with zero attached hydrogens (tertiary/aromatic N) is 1. The number of rotatable bonds is 4. The van der Waals surface area contributed by atoms with Crippen LogP contribution in [-0.4, -0.2) is 0 Å². The fraction of sp³-hybridized carbons (Fsp3) is 0.130. The van der Waals surface area contributed by atoms with Crippen LogP contribution >= 0.6 is 0 Å². The van der Waals surface area contributed by atoms with Gasteiger partial charge in [-0.05, 0) is 91.2 Å². The van der Waals surface area contributed by atoms with Crippen LogP contribution in [0.3, 0.4) is 0 Å². The average molecular weight is 604 g/mol. The number of hydrogen-bond donors (Lipinski definition) is 0. The summed E-state index contributed by atoms with van der Waals surface area (Å²) in [6.45, 7) is 9.51. The summed E-state index contributed by atoms with van der Waals surface area (Å²) in [4.78, 5) is 2.54. The second kappa shape index (κ2) is 10.0. The third-order valence-electron chi connectivity index (χ3n) is 10.8. The zero-order chi connectivity index (χ0) is 31.9. The van der Waals surface area contributed by atoms with E-state index < -0.39 is 0 Å². The van der Waals surface area contributed by atoms with Gasteiger partial charge in [-0.2, -0.15) is 0 Å². The van der Waals surface area contributed by atoms with Gasteiger partial charge in [0, 0.05) is 22.1 Å². The van der Waals surface area contributed by atoms with Crippen LogP contribution in [0.1, 0.15) is 49.9 Å². The largest absolute Gasteiger partial charge is 0.310 e. The van der Waals surface area contributed by atoms with E-state index in [-0.39, 0.29) is 10.8 Å². The highest BCUT2D eigenvalue weighted by Crippen LogP contribution is 2.56. The highest BCUT2D eigenvalue weighted by atomic mass is 15.1. The van der Waals surface area contributed by atoms with Crippen molar-refractivity contribution in [3.63, 3.8) is 0 Å². The minimum Gasteiger partial charge on any atom is -0.310 e. The van der Waals surface area contributed by atoms with Gasteiger partial charge >= 0.3 is 0 Å². The van der Waals surface area contributed by atoms with Gasteiger partial charge in [-0.3, -0.25) is 0 Å². The molecule has 0 bridgehead atoms. The lowest BCUT2D eigenvalue weighted by Gasteiger charge is -2.34. The first-order valence-corrected chi connectivity index (χ1v) is 16.7. The standard InChI is InChI=1S/C46H37N/c1-45(2)39-20-10-7-17-35(39)37-27-26-33(29-41(37)45)47(43-23-13-19-38-36-18-8-11-21-40(36)46(3,4)44(38)43)42-22-12-9-16-34(42)32-25-24-30-14-5-6-15-31(30)28-32/h5-29H,1-4H3. The Morgan fingerprint density at radius 3 is 1.74 bits per heavy atom. The molecule has 0 fully saturated rings. The van der Waals surface area contributed by atoms with Gasteiger partial charge in [-0.15, -0.1) is 0 Å². The molecule has 0 unspecified atom stereocenters. The molecule has 0 aliphatic heterocycles. The Labute approximate surface area is 277 Å². The summed E-state index contributed by atoms with van der Waals surface area (Å²) in [5.74, 6) is 0. The van der Waals surface area contributed by atoms with Crippen molar-refractivity contribution >= 4 is 27.8 Å². The first-order chi connectivity index (χ1) is 22.8. The van der Waals surface area contributed by atoms with Gasteiger partial charge in [0.05, 0.1) is 11.4 Å². The topological polar surface area (TPSA) is 3.24 Å². The van der Waals surface area contributed by atoms with Gasteiger partial charge in [0.25, 0.3) is 0 Å². The van der Waals surface area contributed by atoms with Crippen LogP contribution < -0.4 is 4.90 Å². The molecule has 2 aliphatic rings. The molecule has 7 aromatic rings. The van der Waals surface area contributed by atoms with Crippen molar-refractivity contribution in [3.8, 4) is 33.4 Å². The van der Waals surface area contributed by atoms with Gasteiger partial charge in [0.15, 0.2) is 0 Å². The van der Waals surface area contributed by atoms with Crippen LogP contribution in [0.25, 0.3) is 44.2 Å². The van der Waals surface area contributed by atoms with Gasteiger partial charge in [-0.25, -0.2) is 0 Å². The molecule has 0 N–H and O–H groups in total. The second-order valence-electron chi connectivity index (χ2n) is 14.2. The summed E-state index contributed by atoms with van der Waals surface area (Å²) in [6.07, 6.45) is 0. The minimum absolute atomic E-state index is 0.0976. The molecule has 0 atom stereocenters. The number of fused-ring (bicyclic) bond motifs is 7. The first kappa shape index (κ1) is 27.9. The molecule has 0 amide bonds. The predicted octanol–water partition coefficient (Wildman–Crippen LogP) is 12.6. The van der Waals surface area contributed by atoms with Crippen LogP contribution in [0.4, 0.5) is 17.1 Å². The van der Waals surface area contributed by atoms with E-state index in [2.05, 4.69) is 184 Å². The van der Waals surface area contributed by atoms with E-state index >= 15 is 0 Å². The SMILES string of the molecule is CC1(C)c2ccccc2-c2ccc(N(c3ccccc3-c3ccc4ccccc4c3)c3cccc4c3C(C)(C)c3ccccc3-4)cc21. The van der Waals surface area contributed by atoms with Gasteiger partial charge in [-0.1, -0.05) is 149 Å². The Hall–Kier alpha value is -5.40. The predicted molar refractivity (Wildman–Crippen MR) is 199 cm³/mol. The zero-order valence-electron chi connectivity index (χ0n) is 27.4. The molecular weight excluding hydrogens is 567 g/mol. The number of anilines is 3. The summed E-state index contributed by atoms with van der Waals surface area (Å²) in [5.41, 5.74) is 16.6. The lowest BCUT2D eigenvalue weighted by Crippen LogP contribution is -2.21. The van der Waals surface area contributed by atoms with Crippen molar-refractivity contribution < 1.29 is 0 Å². The van der Waals surface area contributed by atoms with Gasteiger partial charge in [0.2, 0.25) is 0 Å². The summed E-state index contributed by atoms with van der Waals surface area (Å²) in [6, 6.07) is 56.3. The van der Waals surface area contributed by atoms with E-state index in [1.807, 2.05) is 0 Å². The first-order valence-electron chi connectivity index (χ1n) is 16.7. The molecule has 2 aliphatic carbocycles. The monoisotopic (exact) mass is 603 g/mol. The number of hydrogen-bond acceptors (Lipinski definition) is 1. The van der Waals surface area contributed by atoms with Crippen molar-refractivity contribution in [2.45, 2.75) is 38.5 Å². The van der Waals surface area contributed by atoms with E-state index in [0.29, 0.717) is 0 Å². The number of benzene rings is 7. The number of para-hydroxylation sites is 1. The van der Waals surface area contributed by atoms with Gasteiger partial charge < -0.3 is 4.90 Å². The summed E-state index contributed by atoms with van der Waals surface area (Å²) < 4.78 is 0. The lowest BCUT2D eigenvalue weighted by atomic mass is 9.80. The van der Waals surface area contributed by atoms with Crippen LogP contribution in [0.5, 0.6) is 0 Å². The Bertz CT molecular complexity index is 2370. The molecule has 47 heavy (non-hydrogen) atoms. The Morgan fingerprint density at radius 2 is 0.957 bits per heavy atom. The maximum Gasteiger partial charge on any atom is 0.0540 e. The molecule has 7 aromatic carbocycles. The smallest absolute Gasteiger partial charge is 0.0540 e. The summed E-state index contributed by atoms with van der Waals surface area (Å²) in [7, 11) is 0. The molecule has 1 heteroatoms. The quantitative estimate of drug-likeness (QED) is 0.193. The molecule has 0 spiro atoms. The molecule has 0 radical (unpaired) electrons. The summed E-state index contributed by atoms with van der Waals surface area (Å²) >= 11 is 0. The van der Waals surface area contributed by atoms with Gasteiger partial charge in [0.1, 0.15) is 0 Å². The van der Waals surface area contributed by atoms with Crippen molar-refractivity contribution in [3.05, 3.63) is 174 Å². The second-order valence-corrected chi connectivity index (χ2v) is 14.2. The fourth-order valence-corrected chi connectivity index (χ4v) is 8.51. The molecule has 0 saturated heterocycles. The molecule has 226 valence electrons. The molecule has 1 nitrogen and oxygen atoms in total. The molecule has 9 rings (SSSR count). The van der Waals surface area contributed by atoms with Crippen LogP contribution in [-0.2, 0) is 10.8 Å². The van der Waals surface area contributed by atoms with E-state index in [4.69, 9.17) is 0 Å². The molecular formula is C46H37N. The molecule has 0 saturated carbocycles. The minimum atomic E-state index is -0.162. The van der Waals surface area contributed by atoms with E-state index in [1.165, 1.54) is 83.5 Å². The Kier molecular flexibility index (Phi) is 5.96. The van der Waals surface area contributed by atoms with Crippen molar-refractivity contribution in [1.82, 2.24) is 0 Å². The zero-order valence-corrected chi connectivity index (χ0v) is 27.4. The maximum absolute atomic E-state index is 2.54. The lowest BCUT2D eigenvalue weighted by molar-refractivity contribution is 0.658. The normalized spacial score (nSPS) is 14.7. The fourth-order valence-electron chi connectivity index (χ4n) is 8.51. The van der Waals surface area contributed by atoms with Crippen LogP contribution in [0.15, 0.2) is 152 Å². The van der Waals surface area contributed by atoms with Crippen LogP contribution in [0, 0.1) is 0 Å². The Morgan fingerprint density at radius 1 is 0.383 bits per heavy atom. The average Bonchev–Trinajstić information content (AvgIpc) is 3.48. The Balaban J connectivity index is 1.32. The van der Waals surface area contributed by atoms with Crippen molar-refractivity contribution in [2.24, 2.45) is 0 Å². The highest BCUT2D eigenvalue weighted by Gasteiger charge is 2.40. The van der Waals surface area contributed by atoms with E-state index in [1.54, 1.807) is 0 Å². The van der Waals surface area contributed by atoms with Crippen molar-refractivity contribution in [1.29, 1.82) is 0 Å². The van der Waals surface area contributed by atoms with Crippen molar-refractivity contribution in [2.75, 3.05) is 4.90 Å². The molecule has 0 aromatic heterocycles. The van der Waals surface area contributed by atoms with E-state index in [0.717, 1.165) is 0 Å². The third kappa shape index (κ3) is 4.02. The van der Waals surface area contributed by atoms with Crippen LogP contribution in [0.2, 0.25) is 0 Å². The molecule has 0 heterocycles. The summed E-state index contributed by atoms with van der Waals surface area (Å²) in [5, 5.41) is 2.51. The third-order valence-corrected chi connectivity index (χ3v) is 10.8. The maximum atomic E-state index is 2.54.